The maximum Gasteiger partial charge on any atom is 0.194 e. The summed E-state index contributed by atoms with van der Waals surface area (Å²) in [5.74, 6) is 0.419. The number of fused-ring (bicyclic) bond motifs is 1. The first kappa shape index (κ1) is 13.5. The highest BCUT2D eigenvalue weighted by molar-refractivity contribution is 7.17. The molecule has 0 aromatic carbocycles. The number of hydrogen-bond acceptors (Lipinski definition) is 4. The molecule has 0 saturated heterocycles. The van der Waals surface area contributed by atoms with Crippen molar-refractivity contribution in [3.05, 3.63) is 22.5 Å². The van der Waals surface area contributed by atoms with Crippen molar-refractivity contribution >= 4 is 16.3 Å². The van der Waals surface area contributed by atoms with Crippen LogP contribution in [-0.2, 0) is 6.54 Å². The van der Waals surface area contributed by atoms with E-state index in [1.807, 2.05) is 6.92 Å². The fourth-order valence-electron chi connectivity index (χ4n) is 2.06. The van der Waals surface area contributed by atoms with Gasteiger partial charge in [0.1, 0.15) is 0 Å². The molecule has 0 aliphatic rings. The van der Waals surface area contributed by atoms with Crippen LogP contribution in [0.1, 0.15) is 30.1 Å². The smallest absolute Gasteiger partial charge is 0.194 e. The molecule has 2 aromatic heterocycles. The molecule has 5 heteroatoms. The van der Waals surface area contributed by atoms with E-state index in [0.717, 1.165) is 17.2 Å². The minimum Gasteiger partial charge on any atom is -0.395 e. The summed E-state index contributed by atoms with van der Waals surface area (Å²) in [6.45, 7) is 9.27. The maximum atomic E-state index is 9.33. The van der Waals surface area contributed by atoms with Gasteiger partial charge in [0.2, 0.25) is 0 Å². The van der Waals surface area contributed by atoms with Gasteiger partial charge in [-0.1, -0.05) is 13.8 Å². The van der Waals surface area contributed by atoms with E-state index < -0.39 is 0 Å². The van der Waals surface area contributed by atoms with Crippen LogP contribution >= 0.6 is 11.3 Å². The largest absolute Gasteiger partial charge is 0.395 e. The SMILES string of the molecule is Cc1cn2c(CN[C@H](CO)C(C)C)c(C)nc2s1. The molecule has 0 amide bonds. The number of hydrogen-bond donors (Lipinski definition) is 2. The van der Waals surface area contributed by atoms with E-state index in [-0.39, 0.29) is 12.6 Å². The fraction of sp³-hybridized carbons (Fsp3) is 0.615. The molecule has 0 spiro atoms. The Morgan fingerprint density at radius 3 is 2.78 bits per heavy atom. The second-order valence-electron chi connectivity index (χ2n) is 5.05. The third-order valence-electron chi connectivity index (χ3n) is 3.27. The summed E-state index contributed by atoms with van der Waals surface area (Å²) in [6, 6.07) is 0.134. The van der Waals surface area contributed by atoms with Crippen LogP contribution in [0, 0.1) is 19.8 Å². The maximum absolute atomic E-state index is 9.33. The van der Waals surface area contributed by atoms with E-state index in [2.05, 4.69) is 41.7 Å². The summed E-state index contributed by atoms with van der Waals surface area (Å²) < 4.78 is 2.15. The standard InChI is InChI=1S/C13H21N3OS/c1-8(2)11(7-17)14-5-12-10(4)15-13-16(12)6-9(3)18-13/h6,8,11,14,17H,5,7H2,1-4H3/t11-/m1/s1. The van der Waals surface area contributed by atoms with E-state index in [4.69, 9.17) is 0 Å². The molecule has 100 valence electrons. The quantitative estimate of drug-likeness (QED) is 0.872. The molecule has 0 aliphatic carbocycles. The minimum absolute atomic E-state index is 0.134. The summed E-state index contributed by atoms with van der Waals surface area (Å²) >= 11 is 1.71. The molecule has 0 bridgehead atoms. The van der Waals surface area contributed by atoms with E-state index in [0.29, 0.717) is 5.92 Å². The predicted molar refractivity (Wildman–Crippen MR) is 75.1 cm³/mol. The molecule has 2 rings (SSSR count). The topological polar surface area (TPSA) is 49.6 Å². The van der Waals surface area contributed by atoms with Crippen molar-refractivity contribution in [1.29, 1.82) is 0 Å². The Balaban J connectivity index is 2.18. The third-order valence-corrected chi connectivity index (χ3v) is 4.17. The molecule has 0 saturated carbocycles. The van der Waals surface area contributed by atoms with Crippen LogP contribution in [-0.4, -0.2) is 27.1 Å². The van der Waals surface area contributed by atoms with Gasteiger partial charge in [0, 0.05) is 23.7 Å². The number of nitrogens with zero attached hydrogens (tertiary/aromatic N) is 2. The number of aryl methyl sites for hydroxylation is 2. The number of nitrogens with one attached hydrogen (secondary N) is 1. The third kappa shape index (κ3) is 2.58. The average molecular weight is 267 g/mol. The Hall–Kier alpha value is -0.910. The summed E-state index contributed by atoms with van der Waals surface area (Å²) in [4.78, 5) is 6.87. The molecule has 18 heavy (non-hydrogen) atoms. The lowest BCUT2D eigenvalue weighted by atomic mass is 10.1. The van der Waals surface area contributed by atoms with Crippen LogP contribution in [0.5, 0.6) is 0 Å². The van der Waals surface area contributed by atoms with Crippen LogP contribution in [0.4, 0.5) is 0 Å². The molecule has 1 atom stereocenters. The Kier molecular flexibility index (Phi) is 4.04. The predicted octanol–water partition coefficient (Wildman–Crippen LogP) is 2.12. The molecular weight excluding hydrogens is 246 g/mol. The average Bonchev–Trinajstić information content (AvgIpc) is 2.76. The Bertz CT molecular complexity index is 530. The van der Waals surface area contributed by atoms with Gasteiger partial charge in [-0.05, 0) is 19.8 Å². The van der Waals surface area contributed by atoms with E-state index in [1.54, 1.807) is 11.3 Å². The van der Waals surface area contributed by atoms with Crippen LogP contribution in [0.25, 0.3) is 4.96 Å². The molecule has 2 N–H and O–H groups in total. The van der Waals surface area contributed by atoms with Crippen molar-refractivity contribution < 1.29 is 5.11 Å². The summed E-state index contributed by atoms with van der Waals surface area (Å²) in [5.41, 5.74) is 2.25. The van der Waals surface area contributed by atoms with Gasteiger partial charge in [0.15, 0.2) is 4.96 Å². The van der Waals surface area contributed by atoms with Crippen LogP contribution < -0.4 is 5.32 Å². The highest BCUT2D eigenvalue weighted by atomic mass is 32.1. The molecule has 0 fully saturated rings. The zero-order valence-electron chi connectivity index (χ0n) is 11.4. The van der Waals surface area contributed by atoms with Gasteiger partial charge < -0.3 is 10.4 Å². The highest BCUT2D eigenvalue weighted by Gasteiger charge is 2.15. The monoisotopic (exact) mass is 267 g/mol. The van der Waals surface area contributed by atoms with E-state index >= 15 is 0 Å². The zero-order chi connectivity index (χ0) is 13.3. The Morgan fingerprint density at radius 1 is 1.44 bits per heavy atom. The van der Waals surface area contributed by atoms with Gasteiger partial charge >= 0.3 is 0 Å². The lowest BCUT2D eigenvalue weighted by molar-refractivity contribution is 0.209. The first-order valence-electron chi connectivity index (χ1n) is 6.31. The van der Waals surface area contributed by atoms with Gasteiger partial charge in [-0.15, -0.1) is 11.3 Å². The summed E-state index contributed by atoms with van der Waals surface area (Å²) in [5, 5.41) is 12.7. The van der Waals surface area contributed by atoms with Gasteiger partial charge in [0.25, 0.3) is 0 Å². The number of thiazole rings is 1. The van der Waals surface area contributed by atoms with Crippen LogP contribution in [0.2, 0.25) is 0 Å². The highest BCUT2D eigenvalue weighted by Crippen LogP contribution is 2.20. The van der Waals surface area contributed by atoms with Gasteiger partial charge in [0.05, 0.1) is 18.0 Å². The van der Waals surface area contributed by atoms with E-state index in [9.17, 15) is 5.11 Å². The molecule has 4 nitrogen and oxygen atoms in total. The first-order valence-corrected chi connectivity index (χ1v) is 7.12. The number of imidazole rings is 1. The summed E-state index contributed by atoms with van der Waals surface area (Å²) in [6.07, 6.45) is 2.13. The molecule has 0 radical (unpaired) electrons. The number of aromatic nitrogens is 2. The van der Waals surface area contributed by atoms with Crippen molar-refractivity contribution in [2.45, 2.75) is 40.3 Å². The van der Waals surface area contributed by atoms with Crippen molar-refractivity contribution in [3.8, 4) is 0 Å². The summed E-state index contributed by atoms with van der Waals surface area (Å²) in [7, 11) is 0. The van der Waals surface area contributed by atoms with Crippen molar-refractivity contribution in [3.63, 3.8) is 0 Å². The van der Waals surface area contributed by atoms with E-state index in [1.165, 1.54) is 10.6 Å². The lowest BCUT2D eigenvalue weighted by Crippen LogP contribution is -2.36. The zero-order valence-corrected chi connectivity index (χ0v) is 12.2. The van der Waals surface area contributed by atoms with Gasteiger partial charge in [-0.3, -0.25) is 4.40 Å². The van der Waals surface area contributed by atoms with Crippen molar-refractivity contribution in [2.75, 3.05) is 6.61 Å². The molecular formula is C13H21N3OS. The number of rotatable bonds is 5. The Labute approximate surface area is 112 Å². The van der Waals surface area contributed by atoms with Gasteiger partial charge in [-0.2, -0.15) is 0 Å². The van der Waals surface area contributed by atoms with Gasteiger partial charge in [-0.25, -0.2) is 4.98 Å². The minimum atomic E-state index is 0.134. The van der Waals surface area contributed by atoms with Crippen LogP contribution in [0.3, 0.4) is 0 Å². The van der Waals surface area contributed by atoms with Crippen LogP contribution in [0.15, 0.2) is 6.20 Å². The fourth-order valence-corrected chi connectivity index (χ4v) is 2.95. The number of aliphatic hydroxyl groups is 1. The van der Waals surface area contributed by atoms with Crippen molar-refractivity contribution in [1.82, 2.24) is 14.7 Å². The van der Waals surface area contributed by atoms with Crippen molar-refractivity contribution in [2.24, 2.45) is 5.92 Å². The molecule has 2 aromatic rings. The second kappa shape index (κ2) is 5.38. The molecule has 2 heterocycles. The Morgan fingerprint density at radius 2 is 2.17 bits per heavy atom. The normalized spacial score (nSPS) is 13.7. The molecule has 0 unspecified atom stereocenters. The first-order chi connectivity index (χ1) is 8.52. The number of aliphatic hydroxyl groups excluding tert-OH is 1. The second-order valence-corrected chi connectivity index (χ2v) is 6.27. The lowest BCUT2D eigenvalue weighted by Gasteiger charge is -2.19. The molecule has 0 aliphatic heterocycles.